The van der Waals surface area contributed by atoms with Crippen molar-refractivity contribution < 1.29 is 119 Å². The summed E-state index contributed by atoms with van der Waals surface area (Å²) in [6, 6.07) is 0. The van der Waals surface area contributed by atoms with Gasteiger partial charge in [-0.2, -0.15) is 0 Å². The van der Waals surface area contributed by atoms with E-state index in [2.05, 4.69) is 20.8 Å². The Bertz CT molecular complexity index is 1870. The summed E-state index contributed by atoms with van der Waals surface area (Å²) in [5.74, 6) is 0.142. The van der Waals surface area contributed by atoms with Crippen LogP contribution in [-0.4, -0.2) is 250 Å². The predicted molar refractivity (Wildman–Crippen MR) is 252 cm³/mol. The molecule has 0 spiro atoms. The van der Waals surface area contributed by atoms with E-state index in [4.69, 9.17) is 42.6 Å². The predicted octanol–water partition coefficient (Wildman–Crippen LogP) is -3.95. The minimum Gasteiger partial charge on any atom is -0.394 e. The maximum Gasteiger partial charge on any atom is 0.187 e. The first-order valence-corrected chi connectivity index (χ1v) is 27.4. The van der Waals surface area contributed by atoms with Crippen LogP contribution in [0.5, 0.6) is 0 Å². The highest BCUT2D eigenvalue weighted by molar-refractivity contribution is 5.15. The van der Waals surface area contributed by atoms with Crippen LogP contribution in [0.4, 0.5) is 0 Å². The summed E-state index contributed by atoms with van der Waals surface area (Å²) < 4.78 is 54.1. The van der Waals surface area contributed by atoms with Crippen LogP contribution in [0.25, 0.3) is 0 Å². The zero-order chi connectivity index (χ0) is 54.2. The van der Waals surface area contributed by atoms with Gasteiger partial charge in [0.1, 0.15) is 97.7 Å². The second-order valence-corrected chi connectivity index (χ2v) is 24.3. The molecule has 9 rings (SSSR count). The third kappa shape index (κ3) is 10.7. The molecule has 32 atom stereocenters. The summed E-state index contributed by atoms with van der Waals surface area (Å²) >= 11 is 0. The molecule has 0 amide bonds. The number of fused-ring (bicyclic) bond motifs is 7. The zero-order valence-corrected chi connectivity index (χ0v) is 43.2. The molecule has 9 aliphatic rings. The minimum atomic E-state index is -1.91. The molecule has 0 aromatic rings. The molecule has 0 radical (unpaired) electrons. The molecule has 5 aliphatic heterocycles. The first-order chi connectivity index (χ1) is 35.5. The molecule has 0 aromatic heterocycles. The van der Waals surface area contributed by atoms with Crippen molar-refractivity contribution in [1.82, 2.24) is 0 Å². The second-order valence-electron chi connectivity index (χ2n) is 24.3. The highest BCUT2D eigenvalue weighted by Crippen LogP contribution is 2.71. The highest BCUT2D eigenvalue weighted by Gasteiger charge is 2.68. The molecule has 24 heteroatoms. The lowest BCUT2D eigenvalue weighted by Gasteiger charge is -2.61. The molecule has 434 valence electrons. The maximum absolute atomic E-state index is 12.1. The largest absolute Gasteiger partial charge is 0.394 e. The Morgan fingerprint density at radius 2 is 1.04 bits per heavy atom. The van der Waals surface area contributed by atoms with E-state index >= 15 is 0 Å². The lowest BCUT2D eigenvalue weighted by Crippen LogP contribution is -2.67. The normalized spacial score (nSPS) is 55.4. The number of aliphatic hydroxyl groups excluding tert-OH is 14. The van der Waals surface area contributed by atoms with E-state index in [9.17, 15) is 76.6 Å². The van der Waals surface area contributed by atoms with Crippen molar-refractivity contribution in [2.75, 3.05) is 33.0 Å². The molecule has 0 aromatic carbocycles. The number of hydrogen-bond acceptors (Lipinski definition) is 24. The van der Waals surface area contributed by atoms with Gasteiger partial charge in [-0.25, -0.2) is 0 Å². The topological polar surface area (TPSA) is 387 Å². The third-order valence-electron chi connectivity index (χ3n) is 20.1. The van der Waals surface area contributed by atoms with E-state index in [0.717, 1.165) is 38.5 Å². The number of aliphatic hydroxyl groups is 15. The molecule has 9 fully saturated rings. The molecule has 4 aliphatic carbocycles. The lowest BCUT2D eigenvalue weighted by molar-refractivity contribution is -0.390. The maximum atomic E-state index is 12.1. The van der Waals surface area contributed by atoms with Crippen molar-refractivity contribution in [2.45, 2.75) is 233 Å². The first-order valence-electron chi connectivity index (χ1n) is 27.4. The molecule has 24 nitrogen and oxygen atoms in total. The van der Waals surface area contributed by atoms with E-state index < -0.39 is 161 Å². The van der Waals surface area contributed by atoms with Gasteiger partial charge in [-0.3, -0.25) is 0 Å². The van der Waals surface area contributed by atoms with Gasteiger partial charge in [-0.05, 0) is 104 Å². The summed E-state index contributed by atoms with van der Waals surface area (Å²) in [6.07, 6.45) is -24.6. The Kier molecular flexibility index (Phi) is 18.1. The van der Waals surface area contributed by atoms with Crippen molar-refractivity contribution in [3.63, 3.8) is 0 Å². The lowest BCUT2D eigenvalue weighted by atomic mass is 9.44. The van der Waals surface area contributed by atoms with Gasteiger partial charge in [-0.1, -0.05) is 27.7 Å². The van der Waals surface area contributed by atoms with Gasteiger partial charge in [0.05, 0.1) is 45.2 Å². The zero-order valence-electron chi connectivity index (χ0n) is 43.2. The molecule has 75 heavy (non-hydrogen) atoms. The van der Waals surface area contributed by atoms with Crippen LogP contribution in [0.15, 0.2) is 0 Å². The van der Waals surface area contributed by atoms with E-state index in [-0.39, 0.29) is 47.2 Å². The second kappa shape index (κ2) is 23.1. The van der Waals surface area contributed by atoms with Crippen molar-refractivity contribution in [3.05, 3.63) is 0 Å². The Balaban J connectivity index is 0.829. The van der Waals surface area contributed by atoms with E-state index in [1.807, 2.05) is 6.92 Å². The molecular formula is C51H86O24. The smallest absolute Gasteiger partial charge is 0.187 e. The van der Waals surface area contributed by atoms with E-state index in [0.29, 0.717) is 43.4 Å². The van der Waals surface area contributed by atoms with Gasteiger partial charge in [-0.15, -0.1) is 0 Å². The van der Waals surface area contributed by atoms with Crippen LogP contribution in [0.2, 0.25) is 0 Å². The number of rotatable bonds is 16. The van der Waals surface area contributed by atoms with Crippen LogP contribution in [0.3, 0.4) is 0 Å². The average molecular weight is 1080 g/mol. The first kappa shape index (κ1) is 58.7. The van der Waals surface area contributed by atoms with Crippen molar-refractivity contribution in [2.24, 2.45) is 52.3 Å². The van der Waals surface area contributed by atoms with Crippen LogP contribution >= 0.6 is 0 Å². The third-order valence-corrected chi connectivity index (χ3v) is 20.1. The molecule has 15 N–H and O–H groups in total. The van der Waals surface area contributed by atoms with E-state index in [1.54, 1.807) is 0 Å². The van der Waals surface area contributed by atoms with Crippen LogP contribution < -0.4 is 0 Å². The Morgan fingerprint density at radius 3 is 1.61 bits per heavy atom. The fraction of sp³-hybridized carbons (Fsp3) is 1.00. The molecule has 4 saturated carbocycles. The SMILES string of the molecule is CC(CC[C@@]1(O)OC2CC3C4CC[C@@H]5C[C@@H](O[C@@H]6O[C@H](CO)[C@@H](O[C@@H]7O[C@H](CO)[C@@H](O)[C@H](O)[C@H]7O)[C@H](O[C@@H]7O[C@H](CO)[C@@H](O)[C@H](O)[C@H]7O)[C@H]6O)CC[C@]5(C)C4CC[C@]3(C)C2C1C)CO[C@@H]1O[C@H](CO)[C@@H](O)[C@H](O)[C@H]1O. The molecule has 7 unspecified atom stereocenters. The minimum absolute atomic E-state index is 0.0262. The van der Waals surface area contributed by atoms with Gasteiger partial charge in [0, 0.05) is 12.3 Å². The van der Waals surface area contributed by atoms with Crippen molar-refractivity contribution in [3.8, 4) is 0 Å². The van der Waals surface area contributed by atoms with Crippen LogP contribution in [0, 0.1) is 52.3 Å². The Labute approximate surface area is 436 Å². The number of hydrogen-bond donors (Lipinski definition) is 15. The summed E-state index contributed by atoms with van der Waals surface area (Å²) in [5.41, 5.74) is -0.0744. The van der Waals surface area contributed by atoms with Gasteiger partial charge >= 0.3 is 0 Å². The molecular weight excluding hydrogens is 997 g/mol. The summed E-state index contributed by atoms with van der Waals surface area (Å²) in [5, 5.41) is 159. The molecule has 5 saturated heterocycles. The number of ether oxygens (including phenoxy) is 9. The summed E-state index contributed by atoms with van der Waals surface area (Å²) in [4.78, 5) is 0. The fourth-order valence-corrected chi connectivity index (χ4v) is 15.7. The standard InChI is InChI=1S/C51H86O24/c1-20(19-67-45-39(62)36(59)33(56)28(15-52)69-45)7-12-51(66)21(2)32-27(75-51)14-26-24-6-5-22-13-23(8-10-49(22,3)25(24)9-11-50(26,32)4)68-48-42(65)44(74-47-41(64)38(61)35(58)30(17-54)71-47)43(31(18-55)72-48)73-46-40(63)37(60)34(57)29(16-53)70-46/h20-48,52-66H,5-19H2,1-4H3/t20?,21?,22-,23+,24?,25?,26?,27?,28-,29-,30-,31-,32?,33-,34-,35-,36+,37+,38+,39-,40-,41-,42-,43-,44-,45-,46+,47+,48-,49+,50+,51-/m1/s1. The van der Waals surface area contributed by atoms with E-state index in [1.165, 1.54) is 0 Å². The quantitative estimate of drug-likeness (QED) is 0.0656. The van der Waals surface area contributed by atoms with Crippen LogP contribution in [0.1, 0.15) is 91.9 Å². The van der Waals surface area contributed by atoms with Gasteiger partial charge in [0.2, 0.25) is 0 Å². The van der Waals surface area contributed by atoms with Gasteiger partial charge in [0.15, 0.2) is 30.9 Å². The molecule has 5 heterocycles. The highest BCUT2D eigenvalue weighted by atomic mass is 16.8. The average Bonchev–Trinajstić information content (AvgIpc) is 3.84. The Hall–Kier alpha value is -0.960. The fourth-order valence-electron chi connectivity index (χ4n) is 15.7. The van der Waals surface area contributed by atoms with Crippen molar-refractivity contribution in [1.29, 1.82) is 0 Å². The monoisotopic (exact) mass is 1080 g/mol. The van der Waals surface area contributed by atoms with Crippen LogP contribution in [-0.2, 0) is 42.6 Å². The summed E-state index contributed by atoms with van der Waals surface area (Å²) in [6.45, 7) is 6.11. The van der Waals surface area contributed by atoms with Gasteiger partial charge < -0.3 is 119 Å². The van der Waals surface area contributed by atoms with Crippen molar-refractivity contribution >= 4 is 0 Å². The van der Waals surface area contributed by atoms with Gasteiger partial charge in [0.25, 0.3) is 0 Å². The Morgan fingerprint density at radius 1 is 0.533 bits per heavy atom. The summed E-state index contributed by atoms with van der Waals surface area (Å²) in [7, 11) is 0. The molecule has 0 bridgehead atoms.